The fourth-order valence-electron chi connectivity index (χ4n) is 2.09. The number of hydrogen-bond donors (Lipinski definition) is 1. The van der Waals surface area contributed by atoms with E-state index in [0.29, 0.717) is 15.7 Å². The Kier molecular flexibility index (Phi) is 5.71. The van der Waals surface area contributed by atoms with Crippen molar-refractivity contribution in [1.82, 2.24) is 10.2 Å². The Morgan fingerprint density at radius 2 is 1.70 bits per heavy atom. The Balaban J connectivity index is 1.62. The zero-order valence-corrected chi connectivity index (χ0v) is 15.9. The number of anilines is 1. The first kappa shape index (κ1) is 19.2. The molecule has 1 aromatic heterocycles. The van der Waals surface area contributed by atoms with Gasteiger partial charge in [0.2, 0.25) is 11.0 Å². The lowest BCUT2D eigenvalue weighted by Crippen LogP contribution is -2.07. The fraction of sp³-hybridized carbons (Fsp3) is 0.0556. The molecule has 3 rings (SSSR count). The molecule has 2 aromatic carbocycles. The number of carbonyl (C=O) groups is 1. The smallest absolute Gasteiger partial charge is 0.297 e. The molecule has 0 saturated heterocycles. The van der Waals surface area contributed by atoms with Crippen LogP contribution >= 0.6 is 27.3 Å². The van der Waals surface area contributed by atoms with Crippen molar-refractivity contribution in [2.24, 2.45) is 0 Å². The van der Waals surface area contributed by atoms with Gasteiger partial charge in [-0.1, -0.05) is 51.5 Å². The van der Waals surface area contributed by atoms with E-state index in [1.165, 1.54) is 35.6 Å². The number of alkyl halides is 3. The van der Waals surface area contributed by atoms with Crippen LogP contribution in [0.2, 0.25) is 0 Å². The Labute approximate surface area is 164 Å². The molecule has 0 fully saturated rings. The number of halogens is 4. The van der Waals surface area contributed by atoms with E-state index in [1.54, 1.807) is 0 Å². The summed E-state index contributed by atoms with van der Waals surface area (Å²) in [6.07, 6.45) is -1.74. The van der Waals surface area contributed by atoms with Crippen molar-refractivity contribution in [1.29, 1.82) is 0 Å². The average molecular weight is 454 g/mol. The number of carbonyl (C=O) groups excluding carboxylic acids is 1. The van der Waals surface area contributed by atoms with Gasteiger partial charge in [-0.15, -0.1) is 10.2 Å². The molecule has 0 radical (unpaired) electrons. The van der Waals surface area contributed by atoms with Gasteiger partial charge in [0.15, 0.2) is 0 Å². The third kappa shape index (κ3) is 5.24. The van der Waals surface area contributed by atoms with Gasteiger partial charge >= 0.3 is 6.18 Å². The van der Waals surface area contributed by atoms with E-state index >= 15 is 0 Å². The van der Waals surface area contributed by atoms with Gasteiger partial charge < -0.3 is 0 Å². The van der Waals surface area contributed by atoms with Crippen molar-refractivity contribution in [2.75, 3.05) is 5.32 Å². The first-order valence-corrected chi connectivity index (χ1v) is 9.18. The average Bonchev–Trinajstić information content (AvgIpc) is 3.08. The second kappa shape index (κ2) is 8.01. The van der Waals surface area contributed by atoms with Gasteiger partial charge in [0.25, 0.3) is 0 Å². The number of aromatic nitrogens is 2. The standard InChI is InChI=1S/C18H11BrF3N3OS/c19-14-8-4-12(5-9-14)16-24-25-17(27-16)23-15(26)10-3-11-1-6-13(7-2-11)18(20,21)22/h1-10H,(H,23,25,26)/b10-3+. The highest BCUT2D eigenvalue weighted by molar-refractivity contribution is 9.10. The summed E-state index contributed by atoms with van der Waals surface area (Å²) in [6.45, 7) is 0. The van der Waals surface area contributed by atoms with Crippen LogP contribution in [-0.2, 0) is 11.0 Å². The molecular formula is C18H11BrF3N3OS. The molecule has 0 aliphatic heterocycles. The van der Waals surface area contributed by atoms with Gasteiger partial charge in [-0.2, -0.15) is 13.2 Å². The van der Waals surface area contributed by atoms with Crippen LogP contribution < -0.4 is 5.32 Å². The van der Waals surface area contributed by atoms with Crippen molar-refractivity contribution < 1.29 is 18.0 Å². The third-order valence-electron chi connectivity index (χ3n) is 3.41. The Bertz CT molecular complexity index is 967. The molecule has 0 spiro atoms. The van der Waals surface area contributed by atoms with Crippen molar-refractivity contribution in [3.8, 4) is 10.6 Å². The van der Waals surface area contributed by atoms with Crippen LogP contribution in [0.15, 0.2) is 59.1 Å². The molecule has 138 valence electrons. The van der Waals surface area contributed by atoms with Crippen molar-refractivity contribution in [2.45, 2.75) is 6.18 Å². The molecule has 0 aliphatic carbocycles. The summed E-state index contributed by atoms with van der Waals surface area (Å²) in [4.78, 5) is 12.0. The molecule has 4 nitrogen and oxygen atoms in total. The molecule has 27 heavy (non-hydrogen) atoms. The molecule has 3 aromatic rings. The lowest BCUT2D eigenvalue weighted by Gasteiger charge is -2.05. The first-order chi connectivity index (χ1) is 12.8. The summed E-state index contributed by atoms with van der Waals surface area (Å²) in [7, 11) is 0. The van der Waals surface area contributed by atoms with Gasteiger partial charge in [0, 0.05) is 16.1 Å². The number of nitrogens with one attached hydrogen (secondary N) is 1. The molecule has 0 atom stereocenters. The maximum absolute atomic E-state index is 12.5. The van der Waals surface area contributed by atoms with Crippen LogP contribution in [0.3, 0.4) is 0 Å². The second-order valence-corrected chi connectivity index (χ2v) is 7.25. The zero-order valence-electron chi connectivity index (χ0n) is 13.5. The van der Waals surface area contributed by atoms with Crippen LogP contribution in [0, 0.1) is 0 Å². The van der Waals surface area contributed by atoms with Crippen LogP contribution in [0.25, 0.3) is 16.6 Å². The van der Waals surface area contributed by atoms with Crippen molar-refractivity contribution >= 4 is 44.4 Å². The Hall–Kier alpha value is -2.52. The molecule has 9 heteroatoms. The largest absolute Gasteiger partial charge is 0.416 e. The van der Waals surface area contributed by atoms with Crippen LogP contribution in [0.1, 0.15) is 11.1 Å². The predicted molar refractivity (Wildman–Crippen MR) is 102 cm³/mol. The SMILES string of the molecule is O=C(/C=C/c1ccc(C(F)(F)F)cc1)Nc1nnc(-c2ccc(Br)cc2)s1. The summed E-state index contributed by atoms with van der Waals surface area (Å²) in [5, 5.41) is 11.5. The molecule has 1 heterocycles. The van der Waals surface area contributed by atoms with E-state index in [0.717, 1.165) is 22.2 Å². The Morgan fingerprint density at radius 1 is 1.04 bits per heavy atom. The van der Waals surface area contributed by atoms with E-state index in [2.05, 4.69) is 31.4 Å². The molecule has 0 bridgehead atoms. The quantitative estimate of drug-likeness (QED) is 0.520. The summed E-state index contributed by atoms with van der Waals surface area (Å²) in [5.74, 6) is -0.451. The summed E-state index contributed by atoms with van der Waals surface area (Å²) >= 11 is 4.57. The van der Waals surface area contributed by atoms with Gasteiger partial charge in [0.05, 0.1) is 5.56 Å². The Morgan fingerprint density at radius 3 is 2.33 bits per heavy atom. The molecule has 0 unspecified atom stereocenters. The van der Waals surface area contributed by atoms with E-state index < -0.39 is 17.6 Å². The number of benzene rings is 2. The van der Waals surface area contributed by atoms with Crippen LogP contribution in [0.4, 0.5) is 18.3 Å². The maximum atomic E-state index is 12.5. The highest BCUT2D eigenvalue weighted by Gasteiger charge is 2.29. The fourth-order valence-corrected chi connectivity index (χ4v) is 3.10. The number of hydrogen-bond acceptors (Lipinski definition) is 4. The molecule has 1 N–H and O–H groups in total. The lowest BCUT2D eigenvalue weighted by atomic mass is 10.1. The summed E-state index contributed by atoms with van der Waals surface area (Å²) in [5.41, 5.74) is 0.612. The van der Waals surface area contributed by atoms with E-state index in [9.17, 15) is 18.0 Å². The summed E-state index contributed by atoms with van der Waals surface area (Å²) < 4.78 is 38.5. The highest BCUT2D eigenvalue weighted by atomic mass is 79.9. The molecule has 0 aliphatic rings. The number of nitrogens with zero attached hydrogens (tertiary/aromatic N) is 2. The van der Waals surface area contributed by atoms with Gasteiger partial charge in [-0.05, 0) is 35.9 Å². The molecular weight excluding hydrogens is 443 g/mol. The lowest BCUT2D eigenvalue weighted by molar-refractivity contribution is -0.137. The maximum Gasteiger partial charge on any atom is 0.416 e. The van der Waals surface area contributed by atoms with Crippen LogP contribution in [-0.4, -0.2) is 16.1 Å². The number of amides is 1. The highest BCUT2D eigenvalue weighted by Crippen LogP contribution is 2.29. The van der Waals surface area contributed by atoms with Gasteiger partial charge in [0.1, 0.15) is 5.01 Å². The number of rotatable bonds is 4. The van der Waals surface area contributed by atoms with Crippen molar-refractivity contribution in [3.05, 3.63) is 70.2 Å². The zero-order chi connectivity index (χ0) is 19.4. The second-order valence-electron chi connectivity index (χ2n) is 5.36. The predicted octanol–water partition coefficient (Wildman–Crippen LogP) is 5.64. The molecule has 0 saturated carbocycles. The normalized spacial score (nSPS) is 11.7. The van der Waals surface area contributed by atoms with E-state index in [-0.39, 0.29) is 0 Å². The monoisotopic (exact) mass is 453 g/mol. The summed E-state index contributed by atoms with van der Waals surface area (Å²) in [6, 6.07) is 12.0. The van der Waals surface area contributed by atoms with E-state index in [1.807, 2.05) is 24.3 Å². The van der Waals surface area contributed by atoms with Gasteiger partial charge in [-0.25, -0.2) is 0 Å². The van der Waals surface area contributed by atoms with Crippen molar-refractivity contribution in [3.63, 3.8) is 0 Å². The molecule has 1 amide bonds. The topological polar surface area (TPSA) is 54.9 Å². The minimum atomic E-state index is -4.38. The third-order valence-corrected chi connectivity index (χ3v) is 4.83. The first-order valence-electron chi connectivity index (χ1n) is 7.57. The van der Waals surface area contributed by atoms with Crippen LogP contribution in [0.5, 0.6) is 0 Å². The minimum Gasteiger partial charge on any atom is -0.297 e. The minimum absolute atomic E-state index is 0.329. The van der Waals surface area contributed by atoms with E-state index in [4.69, 9.17) is 0 Å². The van der Waals surface area contributed by atoms with Gasteiger partial charge in [-0.3, -0.25) is 10.1 Å².